The summed E-state index contributed by atoms with van der Waals surface area (Å²) in [5, 5.41) is 24.9. The van der Waals surface area contributed by atoms with Gasteiger partial charge in [0.05, 0.1) is 17.5 Å². The third-order valence-corrected chi connectivity index (χ3v) is 11.7. The summed E-state index contributed by atoms with van der Waals surface area (Å²) in [5.74, 6) is -2.62. The van der Waals surface area contributed by atoms with Crippen molar-refractivity contribution in [1.29, 1.82) is 0 Å². The number of amides is 3. The number of fused-ring (bicyclic) bond motifs is 1. The maximum absolute atomic E-state index is 13.9. The molecule has 2 aliphatic rings. The van der Waals surface area contributed by atoms with Crippen molar-refractivity contribution in [3.8, 4) is 0 Å². The zero-order chi connectivity index (χ0) is 39.8. The molecule has 6 rings (SSSR count). The van der Waals surface area contributed by atoms with Crippen LogP contribution in [0.4, 0.5) is 10.7 Å². The summed E-state index contributed by atoms with van der Waals surface area (Å²) in [4.78, 5) is 67.9. The van der Waals surface area contributed by atoms with Crippen LogP contribution in [-0.2, 0) is 41.8 Å². The third-order valence-electron chi connectivity index (χ3n) is 10.5. The lowest BCUT2D eigenvalue weighted by Crippen LogP contribution is -2.43. The van der Waals surface area contributed by atoms with E-state index in [2.05, 4.69) is 15.5 Å². The molecule has 3 amide bonds. The number of nitrogens with zero attached hydrogens (tertiary/aromatic N) is 2. The van der Waals surface area contributed by atoms with Crippen LogP contribution in [0.25, 0.3) is 0 Å². The van der Waals surface area contributed by atoms with Gasteiger partial charge in [0, 0.05) is 54.3 Å². The standard InChI is InChI=1S/C44H50N4O7S/c1-28(2)48(38(49)22-23-39(50)51)25-24-47(35-20-21-35)27-31-6-5-7-33(26-31)41(52)46-43-40(36-8-3-4-9-37(36)56-43)42(53)45-34-18-14-30(15-19-34)11-10-29-12-16-32(17-13-29)44(54)55/h5-7,12-19,26,28,35H,3-4,8-11,20-25,27H2,1-2H3,(H,45,53)(H,46,52)(H,50,51)(H,54,55). The first-order chi connectivity index (χ1) is 26.9. The fourth-order valence-corrected chi connectivity index (χ4v) is 8.54. The van der Waals surface area contributed by atoms with Crippen molar-refractivity contribution in [3.05, 3.63) is 117 Å². The van der Waals surface area contributed by atoms with Gasteiger partial charge in [-0.3, -0.25) is 24.1 Å². The highest BCUT2D eigenvalue weighted by Gasteiger charge is 2.31. The lowest BCUT2D eigenvalue weighted by Gasteiger charge is -2.30. The molecular weight excluding hydrogens is 729 g/mol. The Morgan fingerprint density at radius 2 is 1.45 bits per heavy atom. The normalized spacial score (nSPS) is 13.6. The molecular formula is C44H50N4O7S. The molecule has 2 aliphatic carbocycles. The van der Waals surface area contributed by atoms with Gasteiger partial charge in [-0.25, -0.2) is 4.79 Å². The number of aromatic carboxylic acids is 1. The average molecular weight is 779 g/mol. The van der Waals surface area contributed by atoms with Gasteiger partial charge in [-0.15, -0.1) is 11.3 Å². The first kappa shape index (κ1) is 40.3. The van der Waals surface area contributed by atoms with E-state index in [9.17, 15) is 24.0 Å². The monoisotopic (exact) mass is 778 g/mol. The number of hydrogen-bond acceptors (Lipinski definition) is 7. The highest BCUT2D eigenvalue weighted by molar-refractivity contribution is 7.17. The maximum atomic E-state index is 13.9. The number of benzene rings is 3. The predicted molar refractivity (Wildman–Crippen MR) is 218 cm³/mol. The zero-order valence-electron chi connectivity index (χ0n) is 32.0. The van der Waals surface area contributed by atoms with Gasteiger partial charge in [0.25, 0.3) is 11.8 Å². The molecule has 0 bridgehead atoms. The van der Waals surface area contributed by atoms with E-state index in [1.165, 1.54) is 11.3 Å². The van der Waals surface area contributed by atoms with Crippen molar-refractivity contribution in [3.63, 3.8) is 0 Å². The van der Waals surface area contributed by atoms with E-state index in [0.717, 1.165) is 78.5 Å². The van der Waals surface area contributed by atoms with E-state index < -0.39 is 11.9 Å². The van der Waals surface area contributed by atoms with Gasteiger partial charge < -0.3 is 25.7 Å². The van der Waals surface area contributed by atoms with Crippen LogP contribution in [0.1, 0.15) is 111 Å². The number of carbonyl (C=O) groups is 5. The second-order valence-electron chi connectivity index (χ2n) is 15.0. The third kappa shape index (κ3) is 10.7. The molecule has 1 heterocycles. The molecule has 0 unspecified atom stereocenters. The first-order valence-corrected chi connectivity index (χ1v) is 20.3. The predicted octanol–water partition coefficient (Wildman–Crippen LogP) is 7.68. The molecule has 12 heteroatoms. The summed E-state index contributed by atoms with van der Waals surface area (Å²) in [6, 6.07) is 22.5. The minimum Gasteiger partial charge on any atom is -0.481 e. The number of carboxylic acids is 2. The average Bonchev–Trinajstić information content (AvgIpc) is 3.97. The summed E-state index contributed by atoms with van der Waals surface area (Å²) in [5.41, 5.74) is 6.06. The molecule has 3 aromatic carbocycles. The van der Waals surface area contributed by atoms with Crippen molar-refractivity contribution >= 4 is 51.7 Å². The van der Waals surface area contributed by atoms with E-state index >= 15 is 0 Å². The zero-order valence-corrected chi connectivity index (χ0v) is 32.8. The summed E-state index contributed by atoms with van der Waals surface area (Å²) in [7, 11) is 0. The van der Waals surface area contributed by atoms with Crippen LogP contribution in [0.15, 0.2) is 72.8 Å². The van der Waals surface area contributed by atoms with E-state index in [0.29, 0.717) is 47.5 Å². The number of hydrogen-bond donors (Lipinski definition) is 4. The van der Waals surface area contributed by atoms with Gasteiger partial charge in [-0.05, 0) is 124 Å². The Balaban J connectivity index is 1.10. The van der Waals surface area contributed by atoms with Crippen LogP contribution in [0.3, 0.4) is 0 Å². The summed E-state index contributed by atoms with van der Waals surface area (Å²) >= 11 is 1.48. The van der Waals surface area contributed by atoms with E-state index in [-0.39, 0.29) is 42.2 Å². The van der Waals surface area contributed by atoms with Crippen LogP contribution in [0.2, 0.25) is 0 Å². The van der Waals surface area contributed by atoms with Gasteiger partial charge in [0.15, 0.2) is 0 Å². The second-order valence-corrected chi connectivity index (χ2v) is 16.1. The van der Waals surface area contributed by atoms with E-state index in [4.69, 9.17) is 10.2 Å². The lowest BCUT2D eigenvalue weighted by atomic mass is 9.95. The lowest BCUT2D eigenvalue weighted by molar-refractivity contribution is -0.141. The fraction of sp³-hybridized carbons (Fsp3) is 0.386. The summed E-state index contributed by atoms with van der Waals surface area (Å²) in [6.45, 7) is 5.63. The van der Waals surface area contributed by atoms with Gasteiger partial charge in [-0.1, -0.05) is 36.4 Å². The maximum Gasteiger partial charge on any atom is 0.335 e. The highest BCUT2D eigenvalue weighted by atomic mass is 32.1. The molecule has 0 atom stereocenters. The van der Waals surface area contributed by atoms with Crippen LogP contribution in [0.5, 0.6) is 0 Å². The van der Waals surface area contributed by atoms with Crippen LogP contribution in [-0.4, -0.2) is 74.8 Å². The van der Waals surface area contributed by atoms with Gasteiger partial charge >= 0.3 is 11.9 Å². The number of nitrogens with one attached hydrogen (secondary N) is 2. The Hall–Kier alpha value is -5.33. The van der Waals surface area contributed by atoms with Gasteiger partial charge in [0.2, 0.25) is 5.91 Å². The summed E-state index contributed by atoms with van der Waals surface area (Å²) < 4.78 is 0. The molecule has 1 aromatic heterocycles. The number of rotatable bonds is 18. The molecule has 294 valence electrons. The Kier molecular flexibility index (Phi) is 13.4. The van der Waals surface area contributed by atoms with Crippen molar-refractivity contribution in [2.45, 2.75) is 96.7 Å². The van der Waals surface area contributed by atoms with Gasteiger partial charge in [0.1, 0.15) is 5.00 Å². The molecule has 11 nitrogen and oxygen atoms in total. The second kappa shape index (κ2) is 18.5. The number of carbonyl (C=O) groups excluding carboxylic acids is 3. The number of thiophene rings is 1. The highest BCUT2D eigenvalue weighted by Crippen LogP contribution is 2.39. The molecule has 1 saturated carbocycles. The Labute approximate surface area is 331 Å². The Bertz CT molecular complexity index is 2050. The molecule has 0 aliphatic heterocycles. The molecule has 0 saturated heterocycles. The molecule has 4 N–H and O–H groups in total. The van der Waals surface area contributed by atoms with Crippen molar-refractivity contribution in [2.24, 2.45) is 0 Å². The quantitative estimate of drug-likeness (QED) is 0.0802. The molecule has 56 heavy (non-hydrogen) atoms. The number of aryl methyl sites for hydroxylation is 3. The fourth-order valence-electron chi connectivity index (χ4n) is 7.26. The van der Waals surface area contributed by atoms with Crippen LogP contribution >= 0.6 is 11.3 Å². The van der Waals surface area contributed by atoms with Crippen LogP contribution in [0, 0.1) is 0 Å². The minimum atomic E-state index is -0.983. The van der Waals surface area contributed by atoms with E-state index in [1.54, 1.807) is 23.1 Å². The van der Waals surface area contributed by atoms with E-state index in [1.807, 2.05) is 68.4 Å². The Morgan fingerprint density at radius 3 is 2.09 bits per heavy atom. The Morgan fingerprint density at radius 1 is 0.768 bits per heavy atom. The van der Waals surface area contributed by atoms with Crippen molar-refractivity contribution < 1.29 is 34.2 Å². The van der Waals surface area contributed by atoms with Gasteiger partial charge in [-0.2, -0.15) is 0 Å². The SMILES string of the molecule is CC(C)N(CCN(Cc1cccc(C(=O)Nc2sc3c(c2C(=O)Nc2ccc(CCc4ccc(C(=O)O)cc4)cc2)CCCC3)c1)C1CC1)C(=O)CCC(=O)O. The molecule has 4 aromatic rings. The van der Waals surface area contributed by atoms with Crippen LogP contribution < -0.4 is 10.6 Å². The number of anilines is 2. The molecule has 0 spiro atoms. The van der Waals surface area contributed by atoms with Crippen molar-refractivity contribution in [1.82, 2.24) is 9.80 Å². The number of carboxylic acid groups (broad SMARTS) is 2. The van der Waals surface area contributed by atoms with Crippen molar-refractivity contribution in [2.75, 3.05) is 23.7 Å². The topological polar surface area (TPSA) is 156 Å². The smallest absolute Gasteiger partial charge is 0.335 e. The number of aliphatic carboxylic acids is 1. The molecule has 0 radical (unpaired) electrons. The largest absolute Gasteiger partial charge is 0.481 e. The minimum absolute atomic E-state index is 0.0191. The molecule has 1 fully saturated rings. The summed E-state index contributed by atoms with van der Waals surface area (Å²) in [6.07, 6.45) is 7.13. The first-order valence-electron chi connectivity index (χ1n) is 19.5.